The van der Waals surface area contributed by atoms with Crippen LogP contribution in [0.25, 0.3) is 0 Å². The molecule has 0 radical (unpaired) electrons. The number of hydrogen-bond acceptors (Lipinski definition) is 2. The molecule has 3 nitrogen and oxygen atoms in total. The fraction of sp³-hybridized carbons (Fsp3) is 0.700. The Kier molecular flexibility index (Phi) is 6.80. The predicted molar refractivity (Wildman–Crippen MR) is 56.0 cm³/mol. The Hall–Kier alpha value is -1.04. The molecule has 0 saturated carbocycles. The first-order valence-corrected chi connectivity index (χ1v) is 5.03. The van der Waals surface area contributed by atoms with Crippen molar-refractivity contribution < 1.29 is 18.0 Å². The summed E-state index contributed by atoms with van der Waals surface area (Å²) in [6.07, 6.45) is -1.000. The summed E-state index contributed by atoms with van der Waals surface area (Å²) in [5, 5.41) is 4.61. The number of rotatable bonds is 7. The molecule has 0 bridgehead atoms. The third-order valence-electron chi connectivity index (χ3n) is 1.90. The van der Waals surface area contributed by atoms with E-state index in [2.05, 4.69) is 11.9 Å². The molecule has 0 rings (SSSR count). The van der Waals surface area contributed by atoms with Crippen molar-refractivity contribution in [3.8, 4) is 0 Å². The van der Waals surface area contributed by atoms with E-state index >= 15 is 0 Å². The lowest BCUT2D eigenvalue weighted by Crippen LogP contribution is -2.41. The summed E-state index contributed by atoms with van der Waals surface area (Å²) in [4.78, 5) is 11.0. The maximum absolute atomic E-state index is 11.7. The summed E-state index contributed by atoms with van der Waals surface area (Å²) in [5.74, 6) is -0.650. The molecule has 0 aliphatic heterocycles. The van der Waals surface area contributed by atoms with Gasteiger partial charge in [-0.25, -0.2) is 0 Å². The lowest BCUT2D eigenvalue weighted by atomic mass is 10.2. The van der Waals surface area contributed by atoms with Crippen LogP contribution in [0.1, 0.15) is 19.8 Å². The Morgan fingerprint density at radius 1 is 1.50 bits per heavy atom. The molecule has 0 heterocycles. The van der Waals surface area contributed by atoms with Gasteiger partial charge in [0.1, 0.15) is 6.54 Å². The van der Waals surface area contributed by atoms with Crippen LogP contribution in [0.15, 0.2) is 12.7 Å². The third-order valence-corrected chi connectivity index (χ3v) is 1.90. The standard InChI is InChI=1S/C10H17F3N2O/c1-3-4-5-8(2)14-6-9(16)15-7-10(11,12)13/h3,8,14H,1,4-7H2,2H3,(H,15,16). The second-order valence-corrected chi connectivity index (χ2v) is 3.54. The van der Waals surface area contributed by atoms with Gasteiger partial charge in [-0.1, -0.05) is 6.08 Å². The monoisotopic (exact) mass is 238 g/mol. The molecule has 16 heavy (non-hydrogen) atoms. The largest absolute Gasteiger partial charge is 0.405 e. The highest BCUT2D eigenvalue weighted by Gasteiger charge is 2.27. The van der Waals surface area contributed by atoms with E-state index in [1.54, 1.807) is 11.4 Å². The van der Waals surface area contributed by atoms with Gasteiger partial charge in [0.25, 0.3) is 0 Å². The molecular weight excluding hydrogens is 221 g/mol. The van der Waals surface area contributed by atoms with Crippen molar-refractivity contribution in [2.24, 2.45) is 0 Å². The second-order valence-electron chi connectivity index (χ2n) is 3.54. The lowest BCUT2D eigenvalue weighted by Gasteiger charge is -2.13. The normalized spacial score (nSPS) is 13.2. The van der Waals surface area contributed by atoms with Crippen molar-refractivity contribution in [1.29, 1.82) is 0 Å². The summed E-state index contributed by atoms with van der Waals surface area (Å²) in [7, 11) is 0. The van der Waals surface area contributed by atoms with Crippen LogP contribution in [0.2, 0.25) is 0 Å². The van der Waals surface area contributed by atoms with Crippen LogP contribution in [-0.2, 0) is 4.79 Å². The van der Waals surface area contributed by atoms with E-state index in [1.165, 1.54) is 0 Å². The predicted octanol–water partition coefficient (Wildman–Crippen LogP) is 1.61. The van der Waals surface area contributed by atoms with Gasteiger partial charge in [0.2, 0.25) is 5.91 Å². The first-order chi connectivity index (χ1) is 7.35. The molecule has 1 unspecified atom stereocenters. The molecule has 1 atom stereocenters. The number of halogens is 3. The SMILES string of the molecule is C=CCCC(C)NCC(=O)NCC(F)(F)F. The number of nitrogens with one attached hydrogen (secondary N) is 2. The van der Waals surface area contributed by atoms with E-state index < -0.39 is 18.6 Å². The maximum atomic E-state index is 11.7. The van der Waals surface area contributed by atoms with Crippen molar-refractivity contribution in [3.63, 3.8) is 0 Å². The molecule has 0 spiro atoms. The minimum absolute atomic E-state index is 0.0784. The molecule has 0 aliphatic rings. The molecule has 0 aromatic heterocycles. The van der Waals surface area contributed by atoms with Crippen molar-refractivity contribution in [2.75, 3.05) is 13.1 Å². The van der Waals surface area contributed by atoms with Crippen molar-refractivity contribution in [1.82, 2.24) is 10.6 Å². The van der Waals surface area contributed by atoms with Gasteiger partial charge in [0.15, 0.2) is 0 Å². The lowest BCUT2D eigenvalue weighted by molar-refractivity contribution is -0.137. The summed E-state index contributed by atoms with van der Waals surface area (Å²) in [6.45, 7) is 4.03. The zero-order chi connectivity index (χ0) is 12.6. The smallest absolute Gasteiger partial charge is 0.346 e. The first kappa shape index (κ1) is 15.0. The number of alkyl halides is 3. The number of amides is 1. The van der Waals surface area contributed by atoms with Gasteiger partial charge in [-0.05, 0) is 19.8 Å². The molecule has 0 fully saturated rings. The number of carbonyl (C=O) groups is 1. The minimum atomic E-state index is -4.36. The van der Waals surface area contributed by atoms with Gasteiger partial charge >= 0.3 is 6.18 Å². The van der Waals surface area contributed by atoms with Crippen LogP contribution in [0.5, 0.6) is 0 Å². The van der Waals surface area contributed by atoms with Crippen LogP contribution in [-0.4, -0.2) is 31.2 Å². The Morgan fingerprint density at radius 2 is 2.12 bits per heavy atom. The van der Waals surface area contributed by atoms with Crippen LogP contribution in [0.4, 0.5) is 13.2 Å². The summed E-state index contributed by atoms with van der Waals surface area (Å²) >= 11 is 0. The molecule has 6 heteroatoms. The van der Waals surface area contributed by atoms with E-state index in [0.29, 0.717) is 0 Å². The number of allylic oxidation sites excluding steroid dienone is 1. The van der Waals surface area contributed by atoms with Gasteiger partial charge in [0.05, 0.1) is 6.54 Å². The molecule has 94 valence electrons. The van der Waals surface area contributed by atoms with Gasteiger partial charge in [-0.3, -0.25) is 4.79 Å². The number of carbonyl (C=O) groups excluding carboxylic acids is 1. The van der Waals surface area contributed by atoms with Gasteiger partial charge in [-0.2, -0.15) is 13.2 Å². The molecular formula is C10H17F3N2O. The highest BCUT2D eigenvalue weighted by atomic mass is 19.4. The first-order valence-electron chi connectivity index (χ1n) is 5.03. The third kappa shape index (κ3) is 9.51. The topological polar surface area (TPSA) is 41.1 Å². The fourth-order valence-electron chi connectivity index (χ4n) is 0.998. The molecule has 0 aromatic rings. The summed E-state index contributed by atoms with van der Waals surface area (Å²) in [5.41, 5.74) is 0. The average Bonchev–Trinajstić information content (AvgIpc) is 2.19. The summed E-state index contributed by atoms with van der Waals surface area (Å²) < 4.78 is 35.2. The summed E-state index contributed by atoms with van der Waals surface area (Å²) in [6, 6.07) is 0.0784. The molecule has 2 N–H and O–H groups in total. The van der Waals surface area contributed by atoms with Crippen LogP contribution < -0.4 is 10.6 Å². The highest BCUT2D eigenvalue weighted by Crippen LogP contribution is 2.11. The van der Waals surface area contributed by atoms with Gasteiger partial charge in [-0.15, -0.1) is 6.58 Å². The van der Waals surface area contributed by atoms with Gasteiger partial charge in [0, 0.05) is 6.04 Å². The zero-order valence-electron chi connectivity index (χ0n) is 9.23. The Bertz CT molecular complexity index is 229. The van der Waals surface area contributed by atoms with E-state index in [1.807, 2.05) is 6.92 Å². The fourth-order valence-corrected chi connectivity index (χ4v) is 0.998. The highest BCUT2D eigenvalue weighted by molar-refractivity contribution is 5.78. The maximum Gasteiger partial charge on any atom is 0.405 e. The van der Waals surface area contributed by atoms with E-state index in [4.69, 9.17) is 0 Å². The zero-order valence-corrected chi connectivity index (χ0v) is 9.23. The van der Waals surface area contributed by atoms with Crippen molar-refractivity contribution in [3.05, 3.63) is 12.7 Å². The number of hydrogen-bond donors (Lipinski definition) is 2. The molecule has 0 aliphatic carbocycles. The minimum Gasteiger partial charge on any atom is -0.346 e. The Morgan fingerprint density at radius 3 is 2.62 bits per heavy atom. The Balaban J connectivity index is 3.61. The second kappa shape index (κ2) is 7.27. The van der Waals surface area contributed by atoms with E-state index in [-0.39, 0.29) is 12.6 Å². The van der Waals surface area contributed by atoms with Crippen LogP contribution in [0.3, 0.4) is 0 Å². The van der Waals surface area contributed by atoms with Crippen LogP contribution >= 0.6 is 0 Å². The van der Waals surface area contributed by atoms with E-state index in [9.17, 15) is 18.0 Å². The molecule has 1 amide bonds. The van der Waals surface area contributed by atoms with Gasteiger partial charge < -0.3 is 10.6 Å². The Labute approximate surface area is 93.1 Å². The van der Waals surface area contributed by atoms with Crippen LogP contribution in [0, 0.1) is 0 Å². The molecule has 0 aromatic carbocycles. The van der Waals surface area contributed by atoms with E-state index in [0.717, 1.165) is 12.8 Å². The molecule has 0 saturated heterocycles. The van der Waals surface area contributed by atoms with Crippen molar-refractivity contribution in [2.45, 2.75) is 32.0 Å². The average molecular weight is 238 g/mol. The quantitative estimate of drug-likeness (QED) is 0.662. The van der Waals surface area contributed by atoms with Crippen molar-refractivity contribution >= 4 is 5.91 Å².